The molecule has 25 heavy (non-hydrogen) atoms. The van der Waals surface area contributed by atoms with Crippen molar-refractivity contribution in [1.82, 2.24) is 10.6 Å². The number of halogens is 1. The monoisotopic (exact) mass is 481 g/mol. The molecule has 1 aromatic rings. The van der Waals surface area contributed by atoms with Gasteiger partial charge in [-0.1, -0.05) is 45.0 Å². The lowest BCUT2D eigenvalue weighted by atomic mass is 9.86. The van der Waals surface area contributed by atoms with E-state index in [0.29, 0.717) is 5.96 Å². The summed E-state index contributed by atoms with van der Waals surface area (Å²) < 4.78 is 22.3. The molecule has 0 fully saturated rings. The van der Waals surface area contributed by atoms with E-state index in [4.69, 9.17) is 0 Å². The van der Waals surface area contributed by atoms with E-state index in [1.54, 1.807) is 0 Å². The van der Waals surface area contributed by atoms with Crippen molar-refractivity contribution in [2.24, 2.45) is 4.99 Å². The molecule has 0 aliphatic rings. The van der Waals surface area contributed by atoms with E-state index < -0.39 is 9.84 Å². The van der Waals surface area contributed by atoms with E-state index in [9.17, 15) is 8.42 Å². The van der Waals surface area contributed by atoms with Crippen molar-refractivity contribution >= 4 is 39.8 Å². The van der Waals surface area contributed by atoms with E-state index in [1.165, 1.54) is 17.4 Å². The second-order valence-corrected chi connectivity index (χ2v) is 9.27. The Kier molecular flexibility index (Phi) is 10.6. The van der Waals surface area contributed by atoms with Gasteiger partial charge in [0.05, 0.1) is 12.3 Å². The van der Waals surface area contributed by atoms with Gasteiger partial charge in [0.15, 0.2) is 5.96 Å². The summed E-state index contributed by atoms with van der Waals surface area (Å²) in [5, 5.41) is 6.37. The normalized spacial score (nSPS) is 12.4. The van der Waals surface area contributed by atoms with Gasteiger partial charge in [-0.05, 0) is 29.9 Å². The molecule has 0 amide bonds. The number of sulfone groups is 1. The highest BCUT2D eigenvalue weighted by molar-refractivity contribution is 14.0. The van der Waals surface area contributed by atoms with Gasteiger partial charge in [0.2, 0.25) is 0 Å². The maximum Gasteiger partial charge on any atom is 0.191 e. The minimum absolute atomic E-state index is 0. The van der Waals surface area contributed by atoms with Gasteiger partial charge in [0.1, 0.15) is 9.84 Å². The van der Waals surface area contributed by atoms with Crippen LogP contribution in [0.5, 0.6) is 0 Å². The third-order valence-electron chi connectivity index (χ3n) is 3.60. The Labute approximate surface area is 170 Å². The molecule has 0 aliphatic carbocycles. The first-order valence-corrected chi connectivity index (χ1v) is 10.5. The van der Waals surface area contributed by atoms with Crippen LogP contribution < -0.4 is 10.6 Å². The first-order chi connectivity index (χ1) is 11.1. The first kappa shape index (κ1) is 24.2. The number of nitrogens with zero attached hydrogens (tertiary/aromatic N) is 1. The maximum atomic E-state index is 11.2. The van der Waals surface area contributed by atoms with Crippen LogP contribution in [0, 0.1) is 0 Å². The third-order valence-corrected chi connectivity index (χ3v) is 4.53. The van der Waals surface area contributed by atoms with Gasteiger partial charge in [0.25, 0.3) is 0 Å². The zero-order valence-electron chi connectivity index (χ0n) is 15.9. The summed E-state index contributed by atoms with van der Waals surface area (Å²) in [7, 11) is -2.98. The standard InChI is InChI=1S/C18H31N3O2S.HI/c1-6-19-17(21-13-14-24(5,22)23)20-12-11-15-7-9-16(10-8-15)18(2,3)4;/h7-10H,6,11-14H2,1-5H3,(H2,19,20,21);1H. The molecule has 144 valence electrons. The van der Waals surface area contributed by atoms with Gasteiger partial charge in [-0.25, -0.2) is 8.42 Å². The maximum absolute atomic E-state index is 11.2. The lowest BCUT2D eigenvalue weighted by molar-refractivity contribution is 0.590. The van der Waals surface area contributed by atoms with Gasteiger partial charge in [-0.15, -0.1) is 24.0 Å². The summed E-state index contributed by atoms with van der Waals surface area (Å²) in [6, 6.07) is 8.69. The lowest BCUT2D eigenvalue weighted by Crippen LogP contribution is -2.38. The second kappa shape index (κ2) is 11.0. The van der Waals surface area contributed by atoms with Gasteiger partial charge < -0.3 is 10.6 Å². The van der Waals surface area contributed by atoms with Crippen LogP contribution in [0.3, 0.4) is 0 Å². The Hall–Kier alpha value is -0.830. The predicted octanol–water partition coefficient (Wildman–Crippen LogP) is 2.74. The molecule has 1 rings (SSSR count). The Morgan fingerprint density at radius 3 is 2.20 bits per heavy atom. The smallest absolute Gasteiger partial charge is 0.191 e. The van der Waals surface area contributed by atoms with Crippen molar-refractivity contribution in [3.8, 4) is 0 Å². The molecule has 7 heteroatoms. The Balaban J connectivity index is 0.00000576. The van der Waals surface area contributed by atoms with Crippen LogP contribution in [0.1, 0.15) is 38.8 Å². The van der Waals surface area contributed by atoms with Gasteiger partial charge in [0, 0.05) is 19.3 Å². The summed E-state index contributed by atoms with van der Waals surface area (Å²) >= 11 is 0. The van der Waals surface area contributed by atoms with Crippen molar-refractivity contribution in [2.75, 3.05) is 31.6 Å². The molecule has 0 saturated heterocycles. The summed E-state index contributed by atoms with van der Waals surface area (Å²) in [6.07, 6.45) is 2.12. The van der Waals surface area contributed by atoms with E-state index in [-0.39, 0.29) is 41.7 Å². The Morgan fingerprint density at radius 1 is 1.12 bits per heavy atom. The topological polar surface area (TPSA) is 70.6 Å². The molecule has 5 nitrogen and oxygen atoms in total. The Bertz CT molecular complexity index is 635. The molecular weight excluding hydrogens is 449 g/mol. The minimum Gasteiger partial charge on any atom is -0.357 e. The summed E-state index contributed by atoms with van der Waals surface area (Å²) in [5.74, 6) is 0.727. The predicted molar refractivity (Wildman–Crippen MR) is 118 cm³/mol. The fourth-order valence-corrected chi connectivity index (χ4v) is 2.58. The van der Waals surface area contributed by atoms with Gasteiger partial charge in [-0.2, -0.15) is 0 Å². The van der Waals surface area contributed by atoms with Crippen LogP contribution in [-0.2, 0) is 21.7 Å². The zero-order chi connectivity index (χ0) is 18.2. The van der Waals surface area contributed by atoms with Gasteiger partial charge in [-0.3, -0.25) is 4.99 Å². The molecule has 0 spiro atoms. The quantitative estimate of drug-likeness (QED) is 0.357. The average molecular weight is 481 g/mol. The van der Waals surface area contributed by atoms with Crippen molar-refractivity contribution in [3.05, 3.63) is 35.4 Å². The minimum atomic E-state index is -2.98. The third kappa shape index (κ3) is 10.7. The number of hydrogen-bond acceptors (Lipinski definition) is 3. The number of benzene rings is 1. The van der Waals surface area contributed by atoms with E-state index in [2.05, 4.69) is 60.7 Å². The number of aliphatic imine (C=N–C) groups is 1. The first-order valence-electron chi connectivity index (χ1n) is 8.41. The summed E-state index contributed by atoms with van der Waals surface area (Å²) in [6.45, 7) is 10.4. The molecule has 0 atom stereocenters. The molecular formula is C18H32IN3O2S. The molecule has 0 aromatic heterocycles. The van der Waals surface area contributed by atoms with Crippen molar-refractivity contribution in [2.45, 2.75) is 39.5 Å². The molecule has 0 heterocycles. The van der Waals surface area contributed by atoms with Crippen LogP contribution in [0.2, 0.25) is 0 Å². The lowest BCUT2D eigenvalue weighted by Gasteiger charge is -2.19. The highest BCUT2D eigenvalue weighted by Gasteiger charge is 2.12. The van der Waals surface area contributed by atoms with E-state index >= 15 is 0 Å². The second-order valence-electron chi connectivity index (χ2n) is 7.01. The van der Waals surface area contributed by atoms with Crippen LogP contribution in [-0.4, -0.2) is 46.0 Å². The number of nitrogens with one attached hydrogen (secondary N) is 2. The molecule has 1 aromatic carbocycles. The summed E-state index contributed by atoms with van der Waals surface area (Å²) in [5.41, 5.74) is 2.76. The van der Waals surface area contributed by atoms with E-state index in [1.807, 2.05) is 6.92 Å². The SMILES string of the molecule is CCNC(=NCCS(C)(=O)=O)NCCc1ccc(C(C)(C)C)cc1.I. The number of hydrogen-bond donors (Lipinski definition) is 2. The molecule has 0 aliphatic heterocycles. The van der Waals surface area contributed by atoms with Crippen LogP contribution in [0.15, 0.2) is 29.3 Å². The van der Waals surface area contributed by atoms with Crippen molar-refractivity contribution in [1.29, 1.82) is 0 Å². The van der Waals surface area contributed by atoms with Crippen molar-refractivity contribution in [3.63, 3.8) is 0 Å². The average Bonchev–Trinajstić information content (AvgIpc) is 2.45. The fourth-order valence-electron chi connectivity index (χ4n) is 2.16. The van der Waals surface area contributed by atoms with Gasteiger partial charge >= 0.3 is 0 Å². The Morgan fingerprint density at radius 2 is 1.72 bits per heavy atom. The summed E-state index contributed by atoms with van der Waals surface area (Å²) in [4.78, 5) is 4.29. The largest absolute Gasteiger partial charge is 0.357 e. The van der Waals surface area contributed by atoms with Crippen LogP contribution in [0.25, 0.3) is 0 Å². The highest BCUT2D eigenvalue weighted by atomic mass is 127. The zero-order valence-corrected chi connectivity index (χ0v) is 19.1. The fraction of sp³-hybridized carbons (Fsp3) is 0.611. The number of rotatable bonds is 7. The van der Waals surface area contributed by atoms with Crippen LogP contribution >= 0.6 is 24.0 Å². The molecule has 0 unspecified atom stereocenters. The molecule has 0 bridgehead atoms. The molecule has 0 saturated carbocycles. The van der Waals surface area contributed by atoms with Crippen LogP contribution in [0.4, 0.5) is 0 Å². The molecule has 2 N–H and O–H groups in total. The highest BCUT2D eigenvalue weighted by Crippen LogP contribution is 2.22. The molecule has 0 radical (unpaired) electrons. The van der Waals surface area contributed by atoms with Crippen molar-refractivity contribution < 1.29 is 8.42 Å². The number of guanidine groups is 1. The van der Waals surface area contributed by atoms with E-state index in [0.717, 1.165) is 19.5 Å².